The molecule has 0 bridgehead atoms. The van der Waals surface area contributed by atoms with Crippen LogP contribution >= 0.6 is 21.6 Å². The summed E-state index contributed by atoms with van der Waals surface area (Å²) >= 11 is 0. The number of nitrogens with two attached hydrogens (primary N) is 6. The molecule has 1 saturated heterocycles. The molecule has 1 heterocycles. The standard InChI is InChI=1S/C43H65N15O9S2/c1-43(2)23-53-33(60)20-31(40(67)56-29(11-7-17-51-42(48)49)38(65)55-28(35(45)62)10-6-16-50-41(46)47)57-39(66)30(19-24-8-4-3-5-9-24)54-34(61)21-52-37(64)32(22-68-69-43)58-36(63)27(44)18-25-12-14-26(59)15-13-25/h3-5,8-9,12-15,27-32,59H,6-7,10-11,16-23,44H2,1-2H3,(H2,45,62)(H,52,64)(H,53,60)(H,54,61)(H,55,65)(H,56,67)(H,57,66)(H,58,63)(H4,46,47,50)(H4,48,49,51)/t27-,28-,29-,30-,31+,32-/m0/s1. The van der Waals surface area contributed by atoms with Crippen LogP contribution in [0.15, 0.2) is 64.6 Å². The third-order valence-electron chi connectivity index (χ3n) is 10.2. The van der Waals surface area contributed by atoms with E-state index in [1.54, 1.807) is 56.3 Å². The molecule has 2 aromatic carbocycles. The number of phenols is 1. The van der Waals surface area contributed by atoms with E-state index in [0.717, 1.165) is 0 Å². The van der Waals surface area contributed by atoms with Gasteiger partial charge in [-0.15, -0.1) is 0 Å². The van der Waals surface area contributed by atoms with Crippen molar-refractivity contribution in [2.75, 3.05) is 31.9 Å². The van der Waals surface area contributed by atoms with E-state index in [2.05, 4.69) is 47.2 Å². The Bertz CT molecular complexity index is 2140. The second kappa shape index (κ2) is 28.5. The first-order valence-electron chi connectivity index (χ1n) is 22.0. The van der Waals surface area contributed by atoms with Gasteiger partial charge in [-0.3, -0.25) is 48.3 Å². The highest BCUT2D eigenvalue weighted by atomic mass is 33.1. The van der Waals surface area contributed by atoms with Crippen LogP contribution in [0, 0.1) is 0 Å². The number of aliphatic imine (C=N–C) groups is 2. The van der Waals surface area contributed by atoms with Crippen molar-refractivity contribution in [2.24, 2.45) is 44.4 Å². The average Bonchev–Trinajstić information content (AvgIpc) is 3.29. The molecule has 3 rings (SSSR count). The summed E-state index contributed by atoms with van der Waals surface area (Å²) in [5.74, 6) is -6.72. The molecule has 378 valence electrons. The summed E-state index contributed by atoms with van der Waals surface area (Å²) in [5, 5.41) is 27.9. The molecule has 8 amide bonds. The lowest BCUT2D eigenvalue weighted by Crippen LogP contribution is -2.59. The van der Waals surface area contributed by atoms with Gasteiger partial charge in [0.05, 0.1) is 19.0 Å². The number of carbonyl (C=O) groups excluding carboxylic acids is 8. The van der Waals surface area contributed by atoms with Gasteiger partial charge in [-0.05, 0) is 69.2 Å². The molecule has 1 fully saturated rings. The Balaban J connectivity index is 1.91. The molecule has 1 aliphatic heterocycles. The minimum Gasteiger partial charge on any atom is -0.508 e. The Morgan fingerprint density at radius 3 is 2.01 bits per heavy atom. The number of rotatable bonds is 19. The number of nitrogens with one attached hydrogen (secondary N) is 7. The quantitative estimate of drug-likeness (QED) is 0.0279. The maximum atomic E-state index is 14.2. The Labute approximate surface area is 407 Å². The topological polar surface area (TPSA) is 422 Å². The van der Waals surface area contributed by atoms with Crippen molar-refractivity contribution < 1.29 is 43.5 Å². The zero-order chi connectivity index (χ0) is 51.1. The maximum absolute atomic E-state index is 14.2. The van der Waals surface area contributed by atoms with E-state index >= 15 is 0 Å². The number of benzene rings is 2. The van der Waals surface area contributed by atoms with Crippen LogP contribution in [0.3, 0.4) is 0 Å². The lowest BCUT2D eigenvalue weighted by atomic mass is 10.0. The number of guanidine groups is 2. The Kier molecular flexibility index (Phi) is 23.4. The average molecular weight is 1000 g/mol. The molecule has 0 aromatic heterocycles. The van der Waals surface area contributed by atoms with Crippen molar-refractivity contribution in [1.82, 2.24) is 37.2 Å². The number of amides is 8. The Morgan fingerprint density at radius 1 is 0.783 bits per heavy atom. The first kappa shape index (κ1) is 56.5. The van der Waals surface area contributed by atoms with Crippen LogP contribution < -0.4 is 71.6 Å². The first-order chi connectivity index (χ1) is 32.6. The molecule has 0 unspecified atom stereocenters. The zero-order valence-corrected chi connectivity index (χ0v) is 40.2. The minimum atomic E-state index is -1.62. The molecule has 0 spiro atoms. The number of phenolic OH excluding ortho intramolecular Hbond substituents is 1. The fourth-order valence-corrected chi connectivity index (χ4v) is 9.12. The highest BCUT2D eigenvalue weighted by Gasteiger charge is 2.34. The first-order valence-corrected chi connectivity index (χ1v) is 24.3. The van der Waals surface area contributed by atoms with Crippen LogP contribution in [0.1, 0.15) is 57.1 Å². The van der Waals surface area contributed by atoms with Crippen LogP contribution in [0.2, 0.25) is 0 Å². The monoisotopic (exact) mass is 999 g/mol. The summed E-state index contributed by atoms with van der Waals surface area (Å²) in [5.41, 5.74) is 34.8. The molecular weight excluding hydrogens is 935 g/mol. The van der Waals surface area contributed by atoms with E-state index in [9.17, 15) is 43.5 Å². The van der Waals surface area contributed by atoms with Crippen molar-refractivity contribution in [2.45, 2.75) is 99.8 Å². The third-order valence-corrected chi connectivity index (χ3v) is 13.5. The molecule has 20 N–H and O–H groups in total. The van der Waals surface area contributed by atoms with Gasteiger partial charge in [0.15, 0.2) is 11.9 Å². The second-order valence-electron chi connectivity index (χ2n) is 16.7. The van der Waals surface area contributed by atoms with E-state index in [1.807, 2.05) is 0 Å². The van der Waals surface area contributed by atoms with Gasteiger partial charge < -0.3 is 76.7 Å². The molecule has 6 atom stereocenters. The van der Waals surface area contributed by atoms with E-state index in [4.69, 9.17) is 34.4 Å². The largest absolute Gasteiger partial charge is 0.508 e. The molecular formula is C43H65N15O9S2. The summed E-state index contributed by atoms with van der Waals surface area (Å²) in [7, 11) is 2.49. The smallest absolute Gasteiger partial charge is 0.243 e. The number of hydrogen-bond acceptors (Lipinski definition) is 14. The predicted octanol–water partition coefficient (Wildman–Crippen LogP) is -3.68. The highest BCUT2D eigenvalue weighted by molar-refractivity contribution is 8.77. The van der Waals surface area contributed by atoms with Gasteiger partial charge >= 0.3 is 0 Å². The lowest BCUT2D eigenvalue weighted by Gasteiger charge is -2.28. The van der Waals surface area contributed by atoms with Crippen molar-refractivity contribution >= 4 is 80.8 Å². The SMILES string of the molecule is CC1(C)CNC(=O)C[C@H](C(=O)N[C@@H](CCCN=C(N)N)C(=O)N[C@@H](CCCN=C(N)N)C(N)=O)NC(=O)[C@H](Cc2ccccc2)NC(=O)CNC(=O)[C@@H](NC(=O)[C@@H](N)Cc2ccc(O)cc2)CSS1. The van der Waals surface area contributed by atoms with Gasteiger partial charge in [-0.2, -0.15) is 0 Å². The zero-order valence-electron chi connectivity index (χ0n) is 38.5. The van der Waals surface area contributed by atoms with Gasteiger partial charge in [-0.1, -0.05) is 64.1 Å². The fourth-order valence-electron chi connectivity index (χ4n) is 6.48. The van der Waals surface area contributed by atoms with E-state index in [0.29, 0.717) is 11.1 Å². The molecule has 1 aliphatic rings. The molecule has 2 aromatic rings. The summed E-state index contributed by atoms with van der Waals surface area (Å²) in [6, 6.07) is 6.92. The van der Waals surface area contributed by atoms with E-state index in [1.165, 1.54) is 33.7 Å². The van der Waals surface area contributed by atoms with Crippen LogP contribution in [0.4, 0.5) is 0 Å². The number of hydrogen-bond donors (Lipinski definition) is 14. The minimum absolute atomic E-state index is 0.00724. The molecule has 0 radical (unpaired) electrons. The summed E-state index contributed by atoms with van der Waals surface area (Å²) in [6.07, 6.45) is -0.223. The molecule has 0 aliphatic carbocycles. The summed E-state index contributed by atoms with van der Waals surface area (Å²) in [4.78, 5) is 116. The molecule has 69 heavy (non-hydrogen) atoms. The second-order valence-corrected chi connectivity index (χ2v) is 19.7. The van der Waals surface area contributed by atoms with Crippen molar-refractivity contribution in [1.29, 1.82) is 0 Å². The van der Waals surface area contributed by atoms with Crippen molar-refractivity contribution in [3.63, 3.8) is 0 Å². The molecule has 0 saturated carbocycles. The number of primary amides is 1. The van der Waals surface area contributed by atoms with Gasteiger partial charge in [0.2, 0.25) is 47.3 Å². The summed E-state index contributed by atoms with van der Waals surface area (Å²) in [6.45, 7) is 3.21. The van der Waals surface area contributed by atoms with Crippen LogP contribution in [0.5, 0.6) is 5.75 Å². The maximum Gasteiger partial charge on any atom is 0.243 e. The number of aromatic hydroxyl groups is 1. The molecule has 26 heteroatoms. The molecule has 24 nitrogen and oxygen atoms in total. The highest BCUT2D eigenvalue weighted by Crippen LogP contribution is 2.35. The van der Waals surface area contributed by atoms with Crippen LogP contribution in [-0.2, 0) is 51.2 Å². The third kappa shape index (κ3) is 21.8. The van der Waals surface area contributed by atoms with Crippen molar-refractivity contribution in [3.8, 4) is 5.75 Å². The normalized spacial score (nSPS) is 19.4. The lowest BCUT2D eigenvalue weighted by molar-refractivity contribution is -0.136. The predicted molar refractivity (Wildman–Crippen MR) is 263 cm³/mol. The van der Waals surface area contributed by atoms with Gasteiger partial charge in [0.25, 0.3) is 0 Å². The Hall–Kier alpha value is -6.80. The fraction of sp³-hybridized carbons (Fsp3) is 0.488. The Morgan fingerprint density at radius 2 is 1.41 bits per heavy atom. The number of carbonyl (C=O) groups is 8. The van der Waals surface area contributed by atoms with E-state index in [-0.39, 0.29) is 81.6 Å². The van der Waals surface area contributed by atoms with Crippen LogP contribution in [-0.4, -0.2) is 137 Å². The van der Waals surface area contributed by atoms with Gasteiger partial charge in [0.1, 0.15) is 36.0 Å². The number of nitrogens with zero attached hydrogens (tertiary/aromatic N) is 2. The summed E-state index contributed by atoms with van der Waals surface area (Å²) < 4.78 is -0.716. The van der Waals surface area contributed by atoms with Crippen molar-refractivity contribution in [3.05, 3.63) is 65.7 Å². The van der Waals surface area contributed by atoms with Crippen LogP contribution in [0.25, 0.3) is 0 Å². The van der Waals surface area contributed by atoms with Gasteiger partial charge in [0, 0.05) is 36.6 Å². The van der Waals surface area contributed by atoms with Gasteiger partial charge in [-0.25, -0.2) is 0 Å². The van der Waals surface area contributed by atoms with E-state index < -0.39 is 101 Å².